The van der Waals surface area contributed by atoms with Crippen LogP contribution in [0.2, 0.25) is 0 Å². The Hall–Kier alpha value is -1.47. The molecule has 2 spiro atoms. The third-order valence-electron chi connectivity index (χ3n) is 5.98. The summed E-state index contributed by atoms with van der Waals surface area (Å²) in [5.41, 5.74) is 1.11. The summed E-state index contributed by atoms with van der Waals surface area (Å²) < 4.78 is 0. The van der Waals surface area contributed by atoms with Crippen LogP contribution in [0.1, 0.15) is 69.8 Å². The number of nitrogens with one attached hydrogen (secondary N) is 1. The molecule has 0 bridgehead atoms. The van der Waals surface area contributed by atoms with Crippen molar-refractivity contribution >= 4 is 5.91 Å². The van der Waals surface area contributed by atoms with E-state index in [4.69, 9.17) is 19.6 Å². The molecule has 3 aliphatic rings. The molecule has 1 aliphatic heterocycles. The van der Waals surface area contributed by atoms with Gasteiger partial charge in [-0.15, -0.1) is 0 Å². The van der Waals surface area contributed by atoms with Gasteiger partial charge in [-0.2, -0.15) is 19.6 Å². The number of hydrogen-bond donors (Lipinski definition) is 1. The first-order chi connectivity index (χ1) is 13.2. The minimum atomic E-state index is -0.806. The van der Waals surface area contributed by atoms with E-state index in [1.165, 1.54) is 6.42 Å². The molecule has 27 heavy (non-hydrogen) atoms. The number of rotatable bonds is 4. The highest BCUT2D eigenvalue weighted by Gasteiger charge is 2.50. The summed E-state index contributed by atoms with van der Waals surface area (Å²) in [6.07, 6.45) is 8.58. The summed E-state index contributed by atoms with van der Waals surface area (Å²) in [5.74, 6) is -1.08. The van der Waals surface area contributed by atoms with Crippen molar-refractivity contribution in [3.05, 3.63) is 35.9 Å². The monoisotopic (exact) mass is 375 g/mol. The van der Waals surface area contributed by atoms with E-state index in [1.54, 1.807) is 0 Å². The van der Waals surface area contributed by atoms with E-state index in [9.17, 15) is 4.79 Å². The molecule has 0 unspecified atom stereocenters. The van der Waals surface area contributed by atoms with Crippen LogP contribution in [0.5, 0.6) is 0 Å². The summed E-state index contributed by atoms with van der Waals surface area (Å²) in [4.78, 5) is 35.0. The third kappa shape index (κ3) is 4.69. The molecule has 1 aromatic rings. The van der Waals surface area contributed by atoms with Crippen LogP contribution in [0.25, 0.3) is 0 Å². The van der Waals surface area contributed by atoms with Gasteiger partial charge < -0.3 is 5.32 Å². The van der Waals surface area contributed by atoms with Crippen molar-refractivity contribution in [1.82, 2.24) is 5.32 Å². The Labute approximate surface area is 160 Å². The average molecular weight is 375 g/mol. The molecular formula is C21H29NO5. The molecule has 6 nitrogen and oxygen atoms in total. The zero-order chi connectivity index (χ0) is 18.6. The largest absolute Gasteiger partial charge is 0.352 e. The molecule has 2 aliphatic carbocycles. The van der Waals surface area contributed by atoms with E-state index in [0.717, 1.165) is 44.1 Å². The molecule has 0 radical (unpaired) electrons. The zero-order valence-corrected chi connectivity index (χ0v) is 15.8. The first-order valence-corrected chi connectivity index (χ1v) is 10.2. The highest BCUT2D eigenvalue weighted by Crippen LogP contribution is 2.45. The molecule has 1 aromatic carbocycles. The Morgan fingerprint density at radius 1 is 0.889 bits per heavy atom. The Kier molecular flexibility index (Phi) is 5.78. The van der Waals surface area contributed by atoms with Crippen molar-refractivity contribution in [2.75, 3.05) is 0 Å². The molecule has 4 rings (SSSR count). The molecule has 1 saturated heterocycles. The van der Waals surface area contributed by atoms with Crippen LogP contribution in [-0.2, 0) is 30.9 Å². The van der Waals surface area contributed by atoms with Crippen molar-refractivity contribution in [3.8, 4) is 0 Å². The maximum Gasteiger partial charge on any atom is 0.234 e. The van der Waals surface area contributed by atoms with Gasteiger partial charge in [0.15, 0.2) is 0 Å². The maximum absolute atomic E-state index is 12.2. The van der Waals surface area contributed by atoms with Gasteiger partial charge in [-0.1, -0.05) is 36.8 Å². The van der Waals surface area contributed by atoms with Crippen LogP contribution in [0.4, 0.5) is 0 Å². The topological polar surface area (TPSA) is 66.0 Å². The highest BCUT2D eigenvalue weighted by atomic mass is 17.4. The lowest BCUT2D eigenvalue weighted by atomic mass is 9.83. The SMILES string of the molecule is O=C(CC1CCC2(CC1)OOC1(CCCCC1)OO2)NCc1ccccc1. The van der Waals surface area contributed by atoms with Crippen molar-refractivity contribution in [2.45, 2.75) is 82.3 Å². The fraction of sp³-hybridized carbons (Fsp3) is 0.667. The summed E-state index contributed by atoms with van der Waals surface area (Å²) in [6.45, 7) is 0.576. The lowest BCUT2D eigenvalue weighted by Gasteiger charge is -2.46. The Morgan fingerprint density at radius 3 is 2.11 bits per heavy atom. The Bertz CT molecular complexity index is 609. The van der Waals surface area contributed by atoms with E-state index in [-0.39, 0.29) is 5.91 Å². The molecule has 0 aromatic heterocycles. The van der Waals surface area contributed by atoms with Gasteiger partial charge in [0.1, 0.15) is 0 Å². The van der Waals surface area contributed by atoms with Gasteiger partial charge >= 0.3 is 0 Å². The van der Waals surface area contributed by atoms with Crippen molar-refractivity contribution in [3.63, 3.8) is 0 Å². The van der Waals surface area contributed by atoms with Crippen molar-refractivity contribution in [1.29, 1.82) is 0 Å². The van der Waals surface area contributed by atoms with Crippen LogP contribution >= 0.6 is 0 Å². The molecule has 6 heteroatoms. The maximum atomic E-state index is 12.2. The van der Waals surface area contributed by atoms with Gasteiger partial charge in [-0.3, -0.25) is 4.79 Å². The summed E-state index contributed by atoms with van der Waals surface area (Å²) in [5, 5.41) is 3.01. The van der Waals surface area contributed by atoms with Gasteiger partial charge in [-0.05, 0) is 37.2 Å². The van der Waals surface area contributed by atoms with Crippen molar-refractivity contribution in [2.24, 2.45) is 5.92 Å². The molecule has 1 amide bonds. The van der Waals surface area contributed by atoms with Crippen molar-refractivity contribution < 1.29 is 24.3 Å². The quantitative estimate of drug-likeness (QED) is 0.801. The van der Waals surface area contributed by atoms with E-state index in [0.29, 0.717) is 31.7 Å². The minimum Gasteiger partial charge on any atom is -0.352 e. The molecule has 0 atom stereocenters. The molecule has 2 saturated carbocycles. The number of hydrogen-bond acceptors (Lipinski definition) is 5. The van der Waals surface area contributed by atoms with E-state index >= 15 is 0 Å². The number of benzene rings is 1. The summed E-state index contributed by atoms with van der Waals surface area (Å²) >= 11 is 0. The van der Waals surface area contributed by atoms with Gasteiger partial charge in [0.05, 0.1) is 0 Å². The summed E-state index contributed by atoms with van der Waals surface area (Å²) in [7, 11) is 0. The van der Waals surface area contributed by atoms with Crippen LogP contribution in [0.3, 0.4) is 0 Å². The Balaban J connectivity index is 1.19. The fourth-order valence-electron chi connectivity index (χ4n) is 4.21. The first kappa shape index (κ1) is 18.9. The summed E-state index contributed by atoms with van der Waals surface area (Å²) in [6, 6.07) is 9.97. The van der Waals surface area contributed by atoms with Crippen LogP contribution < -0.4 is 5.32 Å². The van der Waals surface area contributed by atoms with E-state index in [2.05, 4.69) is 5.32 Å². The predicted octanol–water partition coefficient (Wildman–Crippen LogP) is 4.15. The second-order valence-electron chi connectivity index (χ2n) is 8.13. The zero-order valence-electron chi connectivity index (χ0n) is 15.8. The molecule has 1 N–H and O–H groups in total. The third-order valence-corrected chi connectivity index (χ3v) is 5.98. The highest BCUT2D eigenvalue weighted by molar-refractivity contribution is 5.76. The number of carbonyl (C=O) groups excluding carboxylic acids is 1. The normalized spacial score (nSPS) is 24.7. The lowest BCUT2D eigenvalue weighted by Crippen LogP contribution is -2.52. The van der Waals surface area contributed by atoms with Gasteiger partial charge in [-0.25, -0.2) is 0 Å². The average Bonchev–Trinajstić information content (AvgIpc) is 2.72. The van der Waals surface area contributed by atoms with E-state index < -0.39 is 11.6 Å². The predicted molar refractivity (Wildman–Crippen MR) is 97.8 cm³/mol. The fourth-order valence-corrected chi connectivity index (χ4v) is 4.21. The Morgan fingerprint density at radius 2 is 1.48 bits per heavy atom. The second-order valence-corrected chi connectivity index (χ2v) is 8.13. The van der Waals surface area contributed by atoms with Crippen LogP contribution in [0.15, 0.2) is 30.3 Å². The van der Waals surface area contributed by atoms with E-state index in [1.807, 2.05) is 30.3 Å². The van der Waals surface area contributed by atoms with Gasteiger partial charge in [0.2, 0.25) is 17.5 Å². The molecule has 1 heterocycles. The minimum absolute atomic E-state index is 0.0962. The molecule has 3 fully saturated rings. The number of carbonyl (C=O) groups is 1. The molecular weight excluding hydrogens is 346 g/mol. The standard InChI is InChI=1S/C21H29NO5/c23-19(22-16-18-7-3-1-4-8-18)15-17-9-13-21(14-10-17)26-24-20(25-27-21)11-5-2-6-12-20/h1,3-4,7-8,17H,2,5-6,9-16H2,(H,22,23). The molecule has 148 valence electrons. The van der Waals surface area contributed by atoms with Crippen LogP contribution in [-0.4, -0.2) is 17.5 Å². The smallest absolute Gasteiger partial charge is 0.234 e. The number of amides is 1. The van der Waals surface area contributed by atoms with Gasteiger partial charge in [0.25, 0.3) is 0 Å². The second kappa shape index (κ2) is 8.27. The lowest BCUT2D eigenvalue weighted by molar-refractivity contribution is -0.663. The van der Waals surface area contributed by atoms with Gasteiger partial charge in [0, 0.05) is 38.6 Å². The first-order valence-electron chi connectivity index (χ1n) is 10.2. The van der Waals surface area contributed by atoms with Crippen LogP contribution in [0, 0.1) is 5.92 Å².